The molecule has 2 aromatic heterocycles. The van der Waals surface area contributed by atoms with Crippen LogP contribution in [-0.2, 0) is 14.8 Å². The average Bonchev–Trinajstić information content (AvgIpc) is 3.70. The molecule has 4 heterocycles. The van der Waals surface area contributed by atoms with Gasteiger partial charge in [-0.25, -0.2) is 18.1 Å². The van der Waals surface area contributed by atoms with Crippen LogP contribution in [-0.4, -0.2) is 72.5 Å². The minimum absolute atomic E-state index is 0.00379. The average molecular weight is 607 g/mol. The van der Waals surface area contributed by atoms with Gasteiger partial charge in [0.1, 0.15) is 22.8 Å². The van der Waals surface area contributed by atoms with Gasteiger partial charge in [0.2, 0.25) is 0 Å². The summed E-state index contributed by atoms with van der Waals surface area (Å²) in [6.07, 6.45) is 5.81. The van der Waals surface area contributed by atoms with E-state index in [1.807, 2.05) is 10.8 Å². The number of fused-ring (bicyclic) bond motifs is 1. The van der Waals surface area contributed by atoms with Crippen molar-refractivity contribution in [3.63, 3.8) is 0 Å². The van der Waals surface area contributed by atoms with Gasteiger partial charge in [-0.3, -0.25) is 19.8 Å². The van der Waals surface area contributed by atoms with Crippen molar-refractivity contribution in [1.82, 2.24) is 19.6 Å². The number of para-hydroxylation sites is 1. The van der Waals surface area contributed by atoms with Crippen LogP contribution in [0.25, 0.3) is 11.0 Å². The Labute approximate surface area is 247 Å². The van der Waals surface area contributed by atoms with Gasteiger partial charge < -0.3 is 19.8 Å². The molecule has 3 N–H and O–H groups in total. The third kappa shape index (κ3) is 6.30. The summed E-state index contributed by atoms with van der Waals surface area (Å²) in [5, 5.41) is 16.0. The number of carbonyl (C=O) groups excluding carboxylic acids is 1. The van der Waals surface area contributed by atoms with Crippen LogP contribution in [0.1, 0.15) is 29.6 Å². The van der Waals surface area contributed by atoms with Gasteiger partial charge in [-0.05, 0) is 55.7 Å². The number of nitro benzene ring substituents is 1. The van der Waals surface area contributed by atoms with Crippen molar-refractivity contribution in [1.29, 1.82) is 0 Å². The highest BCUT2D eigenvalue weighted by molar-refractivity contribution is 7.90. The normalized spacial score (nSPS) is 18.0. The van der Waals surface area contributed by atoms with E-state index in [4.69, 9.17) is 9.47 Å². The molecule has 13 nitrogen and oxygen atoms in total. The number of aromatic amines is 1. The second-order valence-corrected chi connectivity index (χ2v) is 12.2. The molecule has 1 amide bonds. The zero-order valence-corrected chi connectivity index (χ0v) is 23.9. The molecule has 2 fully saturated rings. The number of H-pyrrole nitrogens is 1. The van der Waals surface area contributed by atoms with E-state index < -0.39 is 31.4 Å². The number of rotatable bonds is 9. The second-order valence-electron chi connectivity index (χ2n) is 10.5. The Morgan fingerprint density at radius 2 is 1.93 bits per heavy atom. The zero-order chi connectivity index (χ0) is 30.0. The number of piperidine rings is 1. The fraction of sp³-hybridized carbons (Fsp3) is 0.310. The predicted octanol–water partition coefficient (Wildman–Crippen LogP) is 4.05. The number of sulfonamides is 1. The van der Waals surface area contributed by atoms with Crippen LogP contribution >= 0.6 is 0 Å². The van der Waals surface area contributed by atoms with Gasteiger partial charge in [0.05, 0.1) is 28.2 Å². The second kappa shape index (κ2) is 12.0. The summed E-state index contributed by atoms with van der Waals surface area (Å²) in [4.78, 5) is 33.6. The van der Waals surface area contributed by atoms with Gasteiger partial charge >= 0.3 is 0 Å². The fourth-order valence-corrected chi connectivity index (χ4v) is 6.46. The van der Waals surface area contributed by atoms with Crippen molar-refractivity contribution in [2.75, 3.05) is 31.6 Å². The van der Waals surface area contributed by atoms with Gasteiger partial charge in [0.25, 0.3) is 21.6 Å². The van der Waals surface area contributed by atoms with Crippen molar-refractivity contribution in [2.45, 2.75) is 36.2 Å². The van der Waals surface area contributed by atoms with Crippen molar-refractivity contribution in [2.24, 2.45) is 0 Å². The number of benzene rings is 2. The third-order valence-electron chi connectivity index (χ3n) is 7.75. The lowest BCUT2D eigenvalue weighted by Gasteiger charge is -2.35. The lowest BCUT2D eigenvalue weighted by Crippen LogP contribution is -2.44. The smallest absolute Gasteiger partial charge is 0.293 e. The molecular weight excluding hydrogens is 576 g/mol. The first-order valence-electron chi connectivity index (χ1n) is 13.9. The Morgan fingerprint density at radius 1 is 1.12 bits per heavy atom. The summed E-state index contributed by atoms with van der Waals surface area (Å²) in [7, 11) is -4.46. The minimum atomic E-state index is -4.46. The van der Waals surface area contributed by atoms with Gasteiger partial charge in [0.15, 0.2) is 0 Å². The summed E-state index contributed by atoms with van der Waals surface area (Å²) in [5.41, 5.74) is 0.464. The van der Waals surface area contributed by atoms with Crippen LogP contribution in [0.4, 0.5) is 11.4 Å². The first-order valence-corrected chi connectivity index (χ1v) is 15.4. The highest BCUT2D eigenvalue weighted by Crippen LogP contribution is 2.31. The van der Waals surface area contributed by atoms with Gasteiger partial charge in [0, 0.05) is 49.4 Å². The molecule has 4 aromatic rings. The lowest BCUT2D eigenvalue weighted by atomic mass is 10.0. The summed E-state index contributed by atoms with van der Waals surface area (Å²) in [5.74, 6) is -0.480. The number of nitrogens with one attached hydrogen (secondary N) is 3. The maximum absolute atomic E-state index is 13.2. The Bertz CT molecular complexity index is 1760. The predicted molar refractivity (Wildman–Crippen MR) is 158 cm³/mol. The number of amides is 1. The number of carbonyl (C=O) groups is 1. The fourth-order valence-electron chi connectivity index (χ4n) is 5.47. The number of nitro groups is 1. The molecule has 2 aliphatic heterocycles. The number of ether oxygens (including phenoxy) is 2. The molecule has 2 aromatic carbocycles. The first kappa shape index (κ1) is 28.6. The topological polar surface area (TPSA) is 169 Å². The highest BCUT2D eigenvalue weighted by atomic mass is 32.2. The van der Waals surface area contributed by atoms with Crippen molar-refractivity contribution in [3.8, 4) is 11.5 Å². The Morgan fingerprint density at radius 3 is 2.70 bits per heavy atom. The van der Waals surface area contributed by atoms with Crippen LogP contribution in [0.2, 0.25) is 0 Å². The van der Waals surface area contributed by atoms with E-state index in [-0.39, 0.29) is 23.0 Å². The number of hydrogen-bond acceptors (Lipinski definition) is 10. The highest BCUT2D eigenvalue weighted by Gasteiger charge is 2.30. The molecule has 0 saturated carbocycles. The first-order chi connectivity index (χ1) is 20.8. The maximum Gasteiger partial charge on any atom is 0.293 e. The molecule has 2 saturated heterocycles. The number of pyridine rings is 1. The zero-order valence-electron chi connectivity index (χ0n) is 23.1. The number of likely N-dealkylation sites (tertiary alicyclic amines) is 1. The van der Waals surface area contributed by atoms with Gasteiger partial charge in [-0.2, -0.15) is 0 Å². The molecule has 1 atom stereocenters. The number of hydrogen-bond donors (Lipinski definition) is 3. The summed E-state index contributed by atoms with van der Waals surface area (Å²) < 4.78 is 39.8. The molecule has 224 valence electrons. The molecule has 14 heteroatoms. The molecule has 1 unspecified atom stereocenters. The van der Waals surface area contributed by atoms with E-state index >= 15 is 0 Å². The molecule has 0 radical (unpaired) electrons. The summed E-state index contributed by atoms with van der Waals surface area (Å²) >= 11 is 0. The van der Waals surface area contributed by atoms with Crippen molar-refractivity contribution in [3.05, 3.63) is 82.7 Å². The molecule has 0 spiro atoms. The van der Waals surface area contributed by atoms with E-state index in [2.05, 4.69) is 20.2 Å². The SMILES string of the molecule is O=C(NS(=O)(=O)c1ccc(NC2CCN(C3CCOC3)CC2)c([N+](=O)[O-])c1)c1ccccc1Oc1cnc2[nH]ccc2c1. The molecular formula is C29H30N6O7S. The summed E-state index contributed by atoms with van der Waals surface area (Å²) in [6, 6.07) is 13.7. The molecule has 0 aliphatic carbocycles. The van der Waals surface area contributed by atoms with E-state index in [1.165, 1.54) is 30.5 Å². The Hall–Kier alpha value is -4.53. The van der Waals surface area contributed by atoms with Crippen LogP contribution < -0.4 is 14.8 Å². The quantitative estimate of drug-likeness (QED) is 0.187. The summed E-state index contributed by atoms with van der Waals surface area (Å²) in [6.45, 7) is 3.20. The van der Waals surface area contributed by atoms with E-state index in [0.29, 0.717) is 17.4 Å². The Balaban J connectivity index is 1.15. The molecule has 0 bridgehead atoms. The minimum Gasteiger partial charge on any atom is -0.455 e. The monoisotopic (exact) mass is 606 g/mol. The standard InChI is InChI=1S/C29H30N6O7S/c36-29(24-3-1-2-4-27(24)42-22-15-19-7-11-30-28(19)31-17-22)33-43(39,40)23-5-6-25(26(16-23)35(37)38)32-20-8-12-34(13-9-20)21-10-14-41-18-21/h1-7,11,15-17,20-21,32H,8-10,12-14,18H2,(H,30,31)(H,33,36). The number of anilines is 1. The Kier molecular flexibility index (Phi) is 7.97. The van der Waals surface area contributed by atoms with Crippen LogP contribution in [0, 0.1) is 10.1 Å². The van der Waals surface area contributed by atoms with Crippen LogP contribution in [0.3, 0.4) is 0 Å². The third-order valence-corrected chi connectivity index (χ3v) is 9.08. The lowest BCUT2D eigenvalue weighted by molar-refractivity contribution is -0.384. The molecule has 43 heavy (non-hydrogen) atoms. The number of nitrogens with zero attached hydrogens (tertiary/aromatic N) is 3. The van der Waals surface area contributed by atoms with Gasteiger partial charge in [-0.1, -0.05) is 12.1 Å². The van der Waals surface area contributed by atoms with Crippen molar-refractivity contribution < 1.29 is 27.6 Å². The number of aromatic nitrogens is 2. The maximum atomic E-state index is 13.2. The molecule has 6 rings (SSSR count). The van der Waals surface area contributed by atoms with E-state index in [1.54, 1.807) is 24.4 Å². The van der Waals surface area contributed by atoms with E-state index in [9.17, 15) is 23.3 Å². The van der Waals surface area contributed by atoms with Crippen LogP contribution in [0.5, 0.6) is 11.5 Å². The van der Waals surface area contributed by atoms with E-state index in [0.717, 1.165) is 57.0 Å². The molecule has 2 aliphatic rings. The van der Waals surface area contributed by atoms with Gasteiger partial charge in [-0.15, -0.1) is 0 Å². The van der Waals surface area contributed by atoms with Crippen LogP contribution in [0.15, 0.2) is 71.9 Å². The van der Waals surface area contributed by atoms with Crippen molar-refractivity contribution >= 4 is 38.3 Å². The largest absolute Gasteiger partial charge is 0.455 e.